The molecule has 4 heteroatoms. The molecular formula is C22H21NO3. The Morgan fingerprint density at radius 3 is 2.38 bits per heavy atom. The average molecular weight is 347 g/mol. The van der Waals surface area contributed by atoms with E-state index in [1.54, 1.807) is 31.2 Å². The van der Waals surface area contributed by atoms with Crippen LogP contribution in [0.15, 0.2) is 72.8 Å². The van der Waals surface area contributed by atoms with Crippen LogP contribution in [0.5, 0.6) is 0 Å². The third-order valence-electron chi connectivity index (χ3n) is 4.22. The van der Waals surface area contributed by atoms with Gasteiger partial charge < -0.3 is 10.1 Å². The first-order chi connectivity index (χ1) is 12.7. The highest BCUT2D eigenvalue weighted by Gasteiger charge is 2.23. The van der Waals surface area contributed by atoms with Gasteiger partial charge in [-0.25, -0.2) is 4.79 Å². The molecule has 0 saturated heterocycles. The highest BCUT2D eigenvalue weighted by atomic mass is 16.5. The Labute approximate surface area is 152 Å². The van der Waals surface area contributed by atoms with Crippen molar-refractivity contribution in [1.29, 1.82) is 0 Å². The lowest BCUT2D eigenvalue weighted by molar-refractivity contribution is -0.145. The lowest BCUT2D eigenvalue weighted by atomic mass is 9.98. The molecule has 1 amide bonds. The minimum atomic E-state index is -0.742. The van der Waals surface area contributed by atoms with E-state index in [9.17, 15) is 9.59 Å². The van der Waals surface area contributed by atoms with Crippen LogP contribution in [0.2, 0.25) is 0 Å². The number of carbonyl (C=O) groups is 2. The summed E-state index contributed by atoms with van der Waals surface area (Å²) < 4.78 is 5.17. The van der Waals surface area contributed by atoms with Crippen LogP contribution in [-0.2, 0) is 16.0 Å². The monoisotopic (exact) mass is 347 g/mol. The van der Waals surface area contributed by atoms with E-state index in [0.717, 1.165) is 16.3 Å². The minimum Gasteiger partial charge on any atom is -0.464 e. The van der Waals surface area contributed by atoms with E-state index in [-0.39, 0.29) is 12.5 Å². The first kappa shape index (κ1) is 17.7. The summed E-state index contributed by atoms with van der Waals surface area (Å²) in [5.41, 5.74) is 1.51. The lowest BCUT2D eigenvalue weighted by Crippen LogP contribution is -2.43. The third kappa shape index (κ3) is 4.09. The fourth-order valence-corrected chi connectivity index (χ4v) is 2.96. The molecule has 0 heterocycles. The summed E-state index contributed by atoms with van der Waals surface area (Å²) in [5, 5.41) is 4.98. The number of amides is 1. The van der Waals surface area contributed by atoms with Crippen LogP contribution < -0.4 is 5.32 Å². The summed E-state index contributed by atoms with van der Waals surface area (Å²) in [6.07, 6.45) is 0.374. The molecule has 132 valence electrons. The molecule has 1 atom stereocenters. The fraction of sp³-hybridized carbons (Fsp3) is 0.182. The van der Waals surface area contributed by atoms with Crippen LogP contribution in [0.3, 0.4) is 0 Å². The molecule has 4 nitrogen and oxygen atoms in total. The summed E-state index contributed by atoms with van der Waals surface area (Å²) >= 11 is 0. The minimum absolute atomic E-state index is 0.270. The van der Waals surface area contributed by atoms with Crippen LogP contribution in [-0.4, -0.2) is 24.5 Å². The van der Waals surface area contributed by atoms with Gasteiger partial charge in [-0.15, -0.1) is 0 Å². The van der Waals surface area contributed by atoms with Crippen molar-refractivity contribution in [3.63, 3.8) is 0 Å². The van der Waals surface area contributed by atoms with Gasteiger partial charge in [-0.05, 0) is 35.4 Å². The Bertz CT molecular complexity index is 900. The second-order valence-electron chi connectivity index (χ2n) is 5.99. The number of hydrogen-bond donors (Lipinski definition) is 1. The van der Waals surface area contributed by atoms with Gasteiger partial charge in [0.2, 0.25) is 0 Å². The van der Waals surface area contributed by atoms with E-state index in [0.29, 0.717) is 12.0 Å². The van der Waals surface area contributed by atoms with Crippen molar-refractivity contribution in [2.75, 3.05) is 6.61 Å². The summed E-state index contributed by atoms with van der Waals surface area (Å²) in [6, 6.07) is 22.1. The van der Waals surface area contributed by atoms with Crippen molar-refractivity contribution in [2.24, 2.45) is 0 Å². The fourth-order valence-electron chi connectivity index (χ4n) is 2.96. The molecule has 0 aliphatic carbocycles. The van der Waals surface area contributed by atoms with Gasteiger partial charge >= 0.3 is 5.97 Å². The van der Waals surface area contributed by atoms with Crippen LogP contribution in [0.1, 0.15) is 22.8 Å². The van der Waals surface area contributed by atoms with E-state index < -0.39 is 12.0 Å². The van der Waals surface area contributed by atoms with E-state index in [1.165, 1.54) is 0 Å². The highest BCUT2D eigenvalue weighted by Crippen LogP contribution is 2.20. The first-order valence-electron chi connectivity index (χ1n) is 8.68. The second kappa shape index (κ2) is 8.30. The molecule has 0 aliphatic rings. The number of hydrogen-bond acceptors (Lipinski definition) is 3. The molecular weight excluding hydrogens is 326 g/mol. The zero-order valence-electron chi connectivity index (χ0n) is 14.6. The zero-order chi connectivity index (χ0) is 18.4. The normalized spacial score (nSPS) is 11.7. The number of nitrogens with one attached hydrogen (secondary N) is 1. The maximum Gasteiger partial charge on any atom is 0.328 e. The summed E-state index contributed by atoms with van der Waals surface area (Å²) in [5.74, 6) is -0.714. The quantitative estimate of drug-likeness (QED) is 0.691. The van der Waals surface area contributed by atoms with Gasteiger partial charge in [0.1, 0.15) is 6.04 Å². The maximum absolute atomic E-state index is 12.5. The predicted octanol–water partition coefficient (Wildman–Crippen LogP) is 3.74. The topological polar surface area (TPSA) is 55.4 Å². The average Bonchev–Trinajstić information content (AvgIpc) is 2.68. The molecule has 1 N–H and O–H groups in total. The van der Waals surface area contributed by atoms with Crippen LogP contribution in [0.25, 0.3) is 10.8 Å². The van der Waals surface area contributed by atoms with Crippen LogP contribution >= 0.6 is 0 Å². The maximum atomic E-state index is 12.5. The molecule has 0 fully saturated rings. The van der Waals surface area contributed by atoms with Gasteiger partial charge in [-0.1, -0.05) is 60.7 Å². The van der Waals surface area contributed by atoms with Gasteiger partial charge in [0.15, 0.2) is 0 Å². The summed E-state index contributed by atoms with van der Waals surface area (Å²) in [6.45, 7) is 2.03. The predicted molar refractivity (Wildman–Crippen MR) is 102 cm³/mol. The molecule has 0 aliphatic heterocycles. The standard InChI is InChI=1S/C22H21NO3/c1-2-26-22(25)20(23-21(24)17-10-4-3-5-11-17)15-18-13-8-12-16-9-6-7-14-19(16)18/h3-14,20H,2,15H2,1H3,(H,23,24). The third-order valence-corrected chi connectivity index (χ3v) is 4.22. The van der Waals surface area contributed by atoms with Gasteiger partial charge in [0.25, 0.3) is 5.91 Å². The number of ether oxygens (including phenoxy) is 1. The summed E-state index contributed by atoms with van der Waals surface area (Å²) in [4.78, 5) is 24.9. The van der Waals surface area contributed by atoms with Crippen LogP contribution in [0, 0.1) is 0 Å². The molecule has 3 rings (SSSR count). The largest absolute Gasteiger partial charge is 0.464 e. The van der Waals surface area contributed by atoms with Crippen molar-refractivity contribution >= 4 is 22.6 Å². The Kier molecular flexibility index (Phi) is 5.64. The lowest BCUT2D eigenvalue weighted by Gasteiger charge is -2.18. The molecule has 0 saturated carbocycles. The molecule has 0 spiro atoms. The SMILES string of the molecule is CCOC(=O)C(Cc1cccc2ccccc12)NC(=O)c1ccccc1. The van der Waals surface area contributed by atoms with Crippen molar-refractivity contribution in [3.05, 3.63) is 83.9 Å². The van der Waals surface area contributed by atoms with Gasteiger partial charge in [-0.2, -0.15) is 0 Å². The molecule has 3 aromatic rings. The van der Waals surface area contributed by atoms with Crippen molar-refractivity contribution in [1.82, 2.24) is 5.32 Å². The van der Waals surface area contributed by atoms with E-state index in [4.69, 9.17) is 4.74 Å². The molecule has 26 heavy (non-hydrogen) atoms. The summed E-state index contributed by atoms with van der Waals surface area (Å²) in [7, 11) is 0. The number of benzene rings is 3. The van der Waals surface area contributed by atoms with Crippen molar-refractivity contribution in [3.8, 4) is 0 Å². The zero-order valence-corrected chi connectivity index (χ0v) is 14.6. The molecule has 0 radical (unpaired) electrons. The second-order valence-corrected chi connectivity index (χ2v) is 5.99. The molecule has 0 bridgehead atoms. The van der Waals surface area contributed by atoms with Crippen molar-refractivity contribution < 1.29 is 14.3 Å². The number of fused-ring (bicyclic) bond motifs is 1. The molecule has 0 aromatic heterocycles. The van der Waals surface area contributed by atoms with Crippen LogP contribution in [0.4, 0.5) is 0 Å². The van der Waals surface area contributed by atoms with Crippen molar-refractivity contribution in [2.45, 2.75) is 19.4 Å². The highest BCUT2D eigenvalue weighted by molar-refractivity contribution is 5.97. The number of esters is 1. The Morgan fingerprint density at radius 1 is 0.923 bits per heavy atom. The number of carbonyl (C=O) groups excluding carboxylic acids is 2. The Balaban J connectivity index is 1.86. The Hall–Kier alpha value is -3.14. The van der Waals surface area contributed by atoms with Gasteiger partial charge in [0.05, 0.1) is 6.61 Å². The Morgan fingerprint density at radius 2 is 1.62 bits per heavy atom. The van der Waals surface area contributed by atoms with Gasteiger partial charge in [-0.3, -0.25) is 4.79 Å². The van der Waals surface area contributed by atoms with E-state index >= 15 is 0 Å². The first-order valence-corrected chi connectivity index (χ1v) is 8.68. The number of rotatable bonds is 6. The van der Waals surface area contributed by atoms with E-state index in [2.05, 4.69) is 5.32 Å². The van der Waals surface area contributed by atoms with Gasteiger partial charge in [0, 0.05) is 12.0 Å². The smallest absolute Gasteiger partial charge is 0.328 e. The molecule has 3 aromatic carbocycles. The van der Waals surface area contributed by atoms with E-state index in [1.807, 2.05) is 48.5 Å². The molecule has 1 unspecified atom stereocenters.